The molecule has 22 heavy (non-hydrogen) atoms. The smallest absolute Gasteiger partial charge is 0.341 e. The summed E-state index contributed by atoms with van der Waals surface area (Å²) in [4.78, 5) is 28.7. The van der Waals surface area contributed by atoms with E-state index in [0.717, 1.165) is 4.88 Å². The number of esters is 1. The lowest BCUT2D eigenvalue weighted by atomic mass is 10.1. The summed E-state index contributed by atoms with van der Waals surface area (Å²) in [5.41, 5.74) is 5.23. The summed E-state index contributed by atoms with van der Waals surface area (Å²) in [7, 11) is 0. The number of carbonyl (C=O) groups excluding carboxylic acids is 2. The maximum atomic E-state index is 12.2. The largest absolute Gasteiger partial charge is 0.456 e. The van der Waals surface area contributed by atoms with Crippen molar-refractivity contribution in [3.05, 3.63) is 39.9 Å². The first kappa shape index (κ1) is 16.5. The zero-order valence-corrected chi connectivity index (χ0v) is 13.9. The van der Waals surface area contributed by atoms with Crippen molar-refractivity contribution < 1.29 is 14.3 Å². The highest BCUT2D eigenvalue weighted by Gasteiger charge is 2.24. The van der Waals surface area contributed by atoms with Crippen LogP contribution in [-0.2, 0) is 4.74 Å². The number of hydrogen-bond donors (Lipinski definition) is 1. The molecule has 0 atom stereocenters. The van der Waals surface area contributed by atoms with Crippen LogP contribution in [0, 0.1) is 0 Å². The van der Waals surface area contributed by atoms with Crippen molar-refractivity contribution >= 4 is 34.8 Å². The molecule has 2 aromatic rings. The number of amides is 1. The molecule has 0 radical (unpaired) electrons. The molecule has 0 aliphatic rings. The molecule has 2 N–H and O–H groups in total. The Balaban J connectivity index is 2.53. The zero-order valence-electron chi connectivity index (χ0n) is 12.3. The molecule has 2 aromatic heterocycles. The van der Waals surface area contributed by atoms with Crippen molar-refractivity contribution in [2.45, 2.75) is 26.4 Å². The lowest BCUT2D eigenvalue weighted by Gasteiger charge is -2.20. The van der Waals surface area contributed by atoms with Gasteiger partial charge < -0.3 is 10.5 Å². The van der Waals surface area contributed by atoms with Gasteiger partial charge in [-0.2, -0.15) is 0 Å². The van der Waals surface area contributed by atoms with Gasteiger partial charge in [0.15, 0.2) is 0 Å². The molecular formula is C15H15ClN2O3S. The van der Waals surface area contributed by atoms with Gasteiger partial charge in [-0.3, -0.25) is 4.79 Å². The van der Waals surface area contributed by atoms with Crippen LogP contribution < -0.4 is 5.73 Å². The number of carbonyl (C=O) groups is 2. The van der Waals surface area contributed by atoms with Gasteiger partial charge in [0.1, 0.15) is 10.8 Å². The Morgan fingerprint density at radius 1 is 1.32 bits per heavy atom. The second-order valence-electron chi connectivity index (χ2n) is 5.57. The van der Waals surface area contributed by atoms with Crippen LogP contribution in [0.15, 0.2) is 23.6 Å². The summed E-state index contributed by atoms with van der Waals surface area (Å²) >= 11 is 7.48. The Morgan fingerprint density at radius 2 is 2.00 bits per heavy atom. The van der Waals surface area contributed by atoms with Crippen molar-refractivity contribution in [2.24, 2.45) is 5.73 Å². The van der Waals surface area contributed by atoms with Crippen molar-refractivity contribution in [3.63, 3.8) is 0 Å². The van der Waals surface area contributed by atoms with Crippen LogP contribution in [0.4, 0.5) is 0 Å². The standard InChI is InChI=1S/C15H15ClN2O3S/c1-15(2,3)21-14(20)9-7-8(13(17)19)11(18-12(9)16)10-5-4-6-22-10/h4-7H,1-3H3,(H2,17,19). The number of rotatable bonds is 3. The molecule has 2 heterocycles. The predicted octanol–water partition coefficient (Wildman–Crippen LogP) is 3.52. The molecule has 2 rings (SSSR count). The maximum absolute atomic E-state index is 12.2. The van der Waals surface area contributed by atoms with Crippen LogP contribution >= 0.6 is 22.9 Å². The number of primary amides is 1. The van der Waals surface area contributed by atoms with E-state index < -0.39 is 17.5 Å². The average molecular weight is 339 g/mol. The maximum Gasteiger partial charge on any atom is 0.341 e. The topological polar surface area (TPSA) is 82.3 Å². The minimum absolute atomic E-state index is 0.0192. The van der Waals surface area contributed by atoms with Crippen molar-refractivity contribution in [1.29, 1.82) is 0 Å². The number of thiophene rings is 1. The highest BCUT2D eigenvalue weighted by molar-refractivity contribution is 7.13. The molecule has 0 spiro atoms. The van der Waals surface area contributed by atoms with Crippen molar-refractivity contribution in [3.8, 4) is 10.6 Å². The molecule has 0 saturated carbocycles. The summed E-state index contributed by atoms with van der Waals surface area (Å²) in [5.74, 6) is -1.33. The second kappa shape index (κ2) is 6.06. The highest BCUT2D eigenvalue weighted by Crippen LogP contribution is 2.30. The van der Waals surface area contributed by atoms with Gasteiger partial charge in [-0.05, 0) is 38.3 Å². The predicted molar refractivity (Wildman–Crippen MR) is 86.2 cm³/mol. The lowest BCUT2D eigenvalue weighted by molar-refractivity contribution is 0.00693. The third-order valence-electron chi connectivity index (χ3n) is 2.61. The monoisotopic (exact) mass is 338 g/mol. The number of ether oxygens (including phenoxy) is 1. The summed E-state index contributed by atoms with van der Waals surface area (Å²) in [6, 6.07) is 4.95. The number of halogens is 1. The van der Waals surface area contributed by atoms with Gasteiger partial charge in [-0.15, -0.1) is 11.3 Å². The van der Waals surface area contributed by atoms with Crippen LogP contribution in [-0.4, -0.2) is 22.5 Å². The van der Waals surface area contributed by atoms with E-state index in [-0.39, 0.29) is 16.3 Å². The third kappa shape index (κ3) is 3.64. The third-order valence-corrected chi connectivity index (χ3v) is 3.78. The van der Waals surface area contributed by atoms with Gasteiger partial charge in [0, 0.05) is 0 Å². The Bertz CT molecular complexity index is 721. The number of nitrogens with zero attached hydrogens (tertiary/aromatic N) is 1. The molecule has 0 unspecified atom stereocenters. The summed E-state index contributed by atoms with van der Waals surface area (Å²) < 4.78 is 5.26. The molecule has 0 aliphatic heterocycles. The quantitative estimate of drug-likeness (QED) is 0.685. The minimum Gasteiger partial charge on any atom is -0.456 e. The van der Waals surface area contributed by atoms with E-state index in [0.29, 0.717) is 5.69 Å². The zero-order chi connectivity index (χ0) is 16.5. The molecular weight excluding hydrogens is 324 g/mol. The van der Waals surface area contributed by atoms with Crippen molar-refractivity contribution in [1.82, 2.24) is 4.98 Å². The van der Waals surface area contributed by atoms with E-state index in [1.807, 2.05) is 11.4 Å². The minimum atomic E-state index is -0.683. The van der Waals surface area contributed by atoms with E-state index >= 15 is 0 Å². The Kier molecular flexibility index (Phi) is 4.53. The van der Waals surface area contributed by atoms with E-state index in [9.17, 15) is 9.59 Å². The van der Waals surface area contributed by atoms with Gasteiger partial charge in [-0.25, -0.2) is 9.78 Å². The first-order valence-electron chi connectivity index (χ1n) is 6.46. The van der Waals surface area contributed by atoms with Crippen molar-refractivity contribution in [2.75, 3.05) is 0 Å². The summed E-state index contributed by atoms with van der Waals surface area (Å²) in [5, 5.41) is 1.82. The van der Waals surface area contributed by atoms with Gasteiger partial charge >= 0.3 is 5.97 Å². The van der Waals surface area contributed by atoms with E-state index in [2.05, 4.69) is 4.98 Å². The second-order valence-corrected chi connectivity index (χ2v) is 6.87. The van der Waals surface area contributed by atoms with Gasteiger partial charge in [0.05, 0.1) is 21.7 Å². The molecule has 0 fully saturated rings. The van der Waals surface area contributed by atoms with E-state index in [4.69, 9.17) is 22.1 Å². The number of nitrogens with two attached hydrogens (primary N) is 1. The van der Waals surface area contributed by atoms with Crippen LogP contribution in [0.1, 0.15) is 41.5 Å². The Hall–Kier alpha value is -1.92. The average Bonchev–Trinajstić information content (AvgIpc) is 2.89. The molecule has 116 valence electrons. The highest BCUT2D eigenvalue weighted by atomic mass is 35.5. The van der Waals surface area contributed by atoms with Gasteiger partial charge in [0.2, 0.25) is 0 Å². The summed E-state index contributed by atoms with van der Waals surface area (Å²) in [6.45, 7) is 5.21. The van der Waals surface area contributed by atoms with Gasteiger partial charge in [-0.1, -0.05) is 17.7 Å². The number of aromatic nitrogens is 1. The summed E-state index contributed by atoms with van der Waals surface area (Å²) in [6.07, 6.45) is 0. The first-order chi connectivity index (χ1) is 10.2. The molecule has 0 saturated heterocycles. The molecule has 5 nitrogen and oxygen atoms in total. The fourth-order valence-electron chi connectivity index (χ4n) is 1.76. The van der Waals surface area contributed by atoms with Crippen LogP contribution in [0.3, 0.4) is 0 Å². The van der Waals surface area contributed by atoms with E-state index in [1.165, 1.54) is 17.4 Å². The van der Waals surface area contributed by atoms with Gasteiger partial charge in [0.25, 0.3) is 5.91 Å². The SMILES string of the molecule is CC(C)(C)OC(=O)c1cc(C(N)=O)c(-c2cccs2)nc1Cl. The first-order valence-corrected chi connectivity index (χ1v) is 7.72. The number of pyridine rings is 1. The molecule has 0 aromatic carbocycles. The Labute approximate surface area is 137 Å². The van der Waals surface area contributed by atoms with Crippen LogP contribution in [0.25, 0.3) is 10.6 Å². The van der Waals surface area contributed by atoms with Crippen LogP contribution in [0.5, 0.6) is 0 Å². The normalized spacial score (nSPS) is 11.3. The fraction of sp³-hybridized carbons (Fsp3) is 0.267. The van der Waals surface area contributed by atoms with E-state index in [1.54, 1.807) is 26.8 Å². The fourth-order valence-corrected chi connectivity index (χ4v) is 2.70. The molecule has 0 bridgehead atoms. The molecule has 1 amide bonds. The lowest BCUT2D eigenvalue weighted by Crippen LogP contribution is -2.25. The molecule has 7 heteroatoms. The van der Waals surface area contributed by atoms with Crippen LogP contribution in [0.2, 0.25) is 5.15 Å². The Morgan fingerprint density at radius 3 is 2.50 bits per heavy atom. The number of hydrogen-bond acceptors (Lipinski definition) is 5. The molecule has 0 aliphatic carbocycles.